The quantitative estimate of drug-likeness (QED) is 0.359. The number of aliphatic hydroxyl groups is 2. The van der Waals surface area contributed by atoms with Crippen LogP contribution in [0.2, 0.25) is 0 Å². The lowest BCUT2D eigenvalue weighted by Gasteiger charge is -2.26. The molecule has 4 N–H and O–H groups in total. The van der Waals surface area contributed by atoms with Crippen LogP contribution >= 0.6 is 0 Å². The van der Waals surface area contributed by atoms with Crippen molar-refractivity contribution >= 4 is 42.8 Å². The van der Waals surface area contributed by atoms with Gasteiger partial charge in [-0.3, -0.25) is 4.55 Å². The highest BCUT2D eigenvalue weighted by Gasteiger charge is 2.22. The van der Waals surface area contributed by atoms with E-state index < -0.39 is 15.7 Å². The number of benzene rings is 3. The Morgan fingerprint density at radius 3 is 2.07 bits per heavy atom. The van der Waals surface area contributed by atoms with Crippen molar-refractivity contribution in [1.82, 2.24) is 5.32 Å². The number of hydrogen-bond acceptors (Lipinski definition) is 6. The van der Waals surface area contributed by atoms with Crippen molar-refractivity contribution in [2.45, 2.75) is 19.0 Å². The zero-order valence-corrected chi connectivity index (χ0v) is 17.6. The third kappa shape index (κ3) is 4.97. The van der Waals surface area contributed by atoms with Gasteiger partial charge in [0.25, 0.3) is 10.1 Å². The zero-order chi connectivity index (χ0) is 21.9. The molecular formula is C22H25NO6S. The van der Waals surface area contributed by atoms with Gasteiger partial charge in [0.2, 0.25) is 0 Å². The molecule has 0 fully saturated rings. The van der Waals surface area contributed by atoms with Gasteiger partial charge in [-0.1, -0.05) is 42.5 Å². The van der Waals surface area contributed by atoms with Crippen LogP contribution in [0.1, 0.15) is 12.5 Å². The summed E-state index contributed by atoms with van der Waals surface area (Å²) in [5.41, 5.74) is 2.17. The summed E-state index contributed by atoms with van der Waals surface area (Å²) in [5.74, 6) is 0. The van der Waals surface area contributed by atoms with Gasteiger partial charge in [0, 0.05) is 22.7 Å². The Hall–Kier alpha value is -2.49. The van der Waals surface area contributed by atoms with E-state index in [1.807, 2.05) is 30.3 Å². The first-order chi connectivity index (χ1) is 14.1. The van der Waals surface area contributed by atoms with E-state index >= 15 is 0 Å². The second-order valence-electron chi connectivity index (χ2n) is 7.52. The maximum Gasteiger partial charge on any atom is 0.261 e. The van der Waals surface area contributed by atoms with Gasteiger partial charge >= 0.3 is 0 Å². The van der Waals surface area contributed by atoms with Crippen molar-refractivity contribution in [1.29, 1.82) is 0 Å². The molecule has 1 heterocycles. The molecule has 3 aromatic carbocycles. The molecule has 0 saturated heterocycles. The van der Waals surface area contributed by atoms with E-state index in [-0.39, 0.29) is 13.2 Å². The molecule has 4 rings (SSSR count). The van der Waals surface area contributed by atoms with Gasteiger partial charge in [-0.05, 0) is 30.0 Å². The number of para-hydroxylation sites is 1. The molecule has 0 aliphatic carbocycles. The van der Waals surface area contributed by atoms with Gasteiger partial charge in [0.15, 0.2) is 0 Å². The van der Waals surface area contributed by atoms with Crippen LogP contribution in [0.4, 0.5) is 0 Å². The highest BCUT2D eigenvalue weighted by Crippen LogP contribution is 2.35. The average molecular weight is 432 g/mol. The van der Waals surface area contributed by atoms with Crippen LogP contribution in [0.15, 0.2) is 59.0 Å². The average Bonchev–Trinajstić information content (AvgIpc) is 3.09. The molecule has 0 amide bonds. The number of fused-ring (bicyclic) bond motifs is 5. The fourth-order valence-electron chi connectivity index (χ4n) is 3.24. The van der Waals surface area contributed by atoms with Gasteiger partial charge in [-0.2, -0.15) is 8.42 Å². The van der Waals surface area contributed by atoms with Crippen LogP contribution in [0.3, 0.4) is 0 Å². The molecule has 0 saturated carbocycles. The van der Waals surface area contributed by atoms with Crippen LogP contribution in [0.25, 0.3) is 32.7 Å². The highest BCUT2D eigenvalue weighted by atomic mass is 32.2. The molecule has 0 aliphatic rings. The van der Waals surface area contributed by atoms with Gasteiger partial charge < -0.3 is 19.9 Å². The van der Waals surface area contributed by atoms with Gasteiger partial charge in [-0.15, -0.1) is 0 Å². The third-order valence-electron chi connectivity index (χ3n) is 4.87. The lowest BCUT2D eigenvalue weighted by atomic mass is 9.98. The topological polar surface area (TPSA) is 120 Å². The number of rotatable bonds is 5. The van der Waals surface area contributed by atoms with Gasteiger partial charge in [0.1, 0.15) is 11.2 Å². The zero-order valence-electron chi connectivity index (χ0n) is 16.8. The van der Waals surface area contributed by atoms with Crippen molar-refractivity contribution in [3.63, 3.8) is 0 Å². The van der Waals surface area contributed by atoms with E-state index in [0.717, 1.165) is 38.3 Å². The molecule has 4 aromatic rings. The maximum atomic E-state index is 9.52. The molecule has 7 nitrogen and oxygen atoms in total. The fourth-order valence-corrected chi connectivity index (χ4v) is 3.24. The first-order valence-corrected chi connectivity index (χ1v) is 11.2. The van der Waals surface area contributed by atoms with Crippen LogP contribution in [0, 0.1) is 0 Å². The Balaban J connectivity index is 0.000000461. The van der Waals surface area contributed by atoms with Crippen molar-refractivity contribution in [3.8, 4) is 0 Å². The Bertz CT molecular complexity index is 1270. The van der Waals surface area contributed by atoms with Gasteiger partial charge in [0.05, 0.1) is 25.0 Å². The smallest absolute Gasteiger partial charge is 0.261 e. The second-order valence-corrected chi connectivity index (χ2v) is 8.99. The van der Waals surface area contributed by atoms with Crippen LogP contribution < -0.4 is 5.32 Å². The summed E-state index contributed by atoms with van der Waals surface area (Å²) < 4.78 is 32.0. The number of hydrogen-bond donors (Lipinski definition) is 4. The lowest BCUT2D eigenvalue weighted by Crippen LogP contribution is -2.48. The van der Waals surface area contributed by atoms with E-state index in [4.69, 9.17) is 8.97 Å². The molecule has 0 radical (unpaired) electrons. The molecule has 0 spiro atoms. The molecule has 160 valence electrons. The van der Waals surface area contributed by atoms with Crippen LogP contribution in [-0.2, 0) is 16.7 Å². The minimum Gasteiger partial charge on any atom is -0.455 e. The number of aliphatic hydroxyl groups excluding tert-OH is 2. The summed E-state index contributed by atoms with van der Waals surface area (Å²) in [6, 6.07) is 18.4. The summed E-state index contributed by atoms with van der Waals surface area (Å²) in [4.78, 5) is 0. The largest absolute Gasteiger partial charge is 0.455 e. The molecule has 0 bridgehead atoms. The molecule has 30 heavy (non-hydrogen) atoms. The summed E-state index contributed by atoms with van der Waals surface area (Å²) in [6.07, 6.45) is 0.715. The lowest BCUT2D eigenvalue weighted by molar-refractivity contribution is 0.103. The van der Waals surface area contributed by atoms with Gasteiger partial charge in [-0.25, -0.2) is 0 Å². The summed E-state index contributed by atoms with van der Waals surface area (Å²) in [5, 5.41) is 26.7. The van der Waals surface area contributed by atoms with Crippen molar-refractivity contribution < 1.29 is 27.6 Å². The predicted molar refractivity (Wildman–Crippen MR) is 118 cm³/mol. The Labute approximate surface area is 174 Å². The molecule has 1 aromatic heterocycles. The van der Waals surface area contributed by atoms with E-state index in [9.17, 15) is 18.6 Å². The van der Waals surface area contributed by atoms with Crippen LogP contribution in [-0.4, -0.2) is 48.2 Å². The summed E-state index contributed by atoms with van der Waals surface area (Å²) in [7, 11) is -3.67. The summed E-state index contributed by atoms with van der Waals surface area (Å²) in [6.45, 7) is 2.10. The Morgan fingerprint density at radius 1 is 0.933 bits per heavy atom. The van der Waals surface area contributed by atoms with Crippen LogP contribution in [0.5, 0.6) is 0 Å². The highest BCUT2D eigenvalue weighted by molar-refractivity contribution is 7.85. The molecule has 0 atom stereocenters. The summed E-state index contributed by atoms with van der Waals surface area (Å²) >= 11 is 0. The SMILES string of the molecule is CC(CO)(CO)NCc1cc2c3ccccc3oc2c2ccccc12.CS(=O)(=O)O. The normalized spacial score (nSPS) is 12.3. The van der Waals surface area contributed by atoms with Crippen molar-refractivity contribution in [3.05, 3.63) is 60.2 Å². The first kappa shape index (κ1) is 22.2. The minimum atomic E-state index is -3.67. The van der Waals surface area contributed by atoms with E-state index in [1.165, 1.54) is 0 Å². The molecular weight excluding hydrogens is 406 g/mol. The predicted octanol–water partition coefficient (Wildman–Crippen LogP) is 3.08. The maximum absolute atomic E-state index is 9.52. The van der Waals surface area contributed by atoms with E-state index in [0.29, 0.717) is 12.8 Å². The first-order valence-electron chi connectivity index (χ1n) is 9.36. The molecule has 0 unspecified atom stereocenters. The Morgan fingerprint density at radius 2 is 1.47 bits per heavy atom. The van der Waals surface area contributed by atoms with E-state index in [1.54, 1.807) is 6.92 Å². The molecule has 8 heteroatoms. The van der Waals surface area contributed by atoms with Crippen molar-refractivity contribution in [2.75, 3.05) is 19.5 Å². The standard InChI is InChI=1S/C21H21NO3.CH4O3S/c1-21(12-23,13-24)22-11-14-10-18-16-7-4-5-9-19(16)25-20(18)17-8-3-2-6-15(14)17;1-5(2,3)4/h2-10,22-24H,11-13H2,1H3;1H3,(H,2,3,4). The molecule has 0 aliphatic heterocycles. The second kappa shape index (κ2) is 8.71. The minimum absolute atomic E-state index is 0.127. The fraction of sp³-hybridized carbons (Fsp3) is 0.273. The van der Waals surface area contributed by atoms with E-state index in [2.05, 4.69) is 29.6 Å². The van der Waals surface area contributed by atoms with Crippen molar-refractivity contribution in [2.24, 2.45) is 0 Å². The Kier molecular flexibility index (Phi) is 6.44. The monoisotopic (exact) mass is 431 g/mol. The number of nitrogens with one attached hydrogen (secondary N) is 1. The number of furan rings is 1. The third-order valence-corrected chi connectivity index (χ3v) is 4.87.